The predicted octanol–water partition coefficient (Wildman–Crippen LogP) is 1.92. The van der Waals surface area contributed by atoms with Crippen molar-refractivity contribution in [1.82, 2.24) is 5.32 Å². The highest BCUT2D eigenvalue weighted by Gasteiger charge is 2.17. The van der Waals surface area contributed by atoms with Gasteiger partial charge in [-0.2, -0.15) is 0 Å². The molecule has 0 saturated carbocycles. The third-order valence-electron chi connectivity index (χ3n) is 2.33. The van der Waals surface area contributed by atoms with E-state index >= 15 is 0 Å². The fourth-order valence-electron chi connectivity index (χ4n) is 1.31. The standard InChI is InChI=1S/C13H14FNO2/c1-4-12(8(2)3)15-13(17)10-6-5-9(16)7-11(10)14/h1,5-8,12,16H,2-3H3,(H,15,17). The molecule has 0 aromatic heterocycles. The fraction of sp³-hybridized carbons (Fsp3) is 0.308. The molecule has 1 aromatic carbocycles. The van der Waals surface area contributed by atoms with Crippen molar-refractivity contribution in [1.29, 1.82) is 0 Å². The minimum atomic E-state index is -0.776. The molecule has 0 aliphatic rings. The fourth-order valence-corrected chi connectivity index (χ4v) is 1.31. The van der Waals surface area contributed by atoms with Gasteiger partial charge in [0, 0.05) is 6.07 Å². The molecule has 4 heteroatoms. The largest absolute Gasteiger partial charge is 0.508 e. The second-order valence-electron chi connectivity index (χ2n) is 4.03. The van der Waals surface area contributed by atoms with Gasteiger partial charge < -0.3 is 10.4 Å². The molecule has 0 aliphatic carbocycles. The van der Waals surface area contributed by atoms with Gasteiger partial charge in [-0.25, -0.2) is 4.39 Å². The van der Waals surface area contributed by atoms with Crippen LogP contribution in [0.3, 0.4) is 0 Å². The van der Waals surface area contributed by atoms with Crippen LogP contribution in [0.25, 0.3) is 0 Å². The second kappa shape index (κ2) is 5.35. The number of benzene rings is 1. The lowest BCUT2D eigenvalue weighted by molar-refractivity contribution is 0.0934. The van der Waals surface area contributed by atoms with E-state index in [-0.39, 0.29) is 17.2 Å². The number of rotatable bonds is 3. The van der Waals surface area contributed by atoms with E-state index in [1.807, 2.05) is 13.8 Å². The molecule has 1 rings (SSSR count). The summed E-state index contributed by atoms with van der Waals surface area (Å²) in [5, 5.41) is 11.6. The lowest BCUT2D eigenvalue weighted by atomic mass is 10.0. The van der Waals surface area contributed by atoms with Crippen molar-refractivity contribution in [3.63, 3.8) is 0 Å². The Bertz CT molecular complexity index is 463. The SMILES string of the molecule is C#CC(NC(=O)c1ccc(O)cc1F)C(C)C. The van der Waals surface area contributed by atoms with Crippen molar-refractivity contribution in [2.75, 3.05) is 0 Å². The summed E-state index contributed by atoms with van der Waals surface area (Å²) in [6, 6.07) is 2.90. The first-order valence-electron chi connectivity index (χ1n) is 5.21. The third-order valence-corrected chi connectivity index (χ3v) is 2.33. The van der Waals surface area contributed by atoms with Crippen molar-refractivity contribution in [3.05, 3.63) is 29.6 Å². The van der Waals surface area contributed by atoms with Gasteiger partial charge in [-0.3, -0.25) is 4.79 Å². The average molecular weight is 235 g/mol. The van der Waals surface area contributed by atoms with E-state index in [0.717, 1.165) is 6.07 Å². The molecule has 3 nitrogen and oxygen atoms in total. The monoisotopic (exact) mass is 235 g/mol. The minimum Gasteiger partial charge on any atom is -0.508 e. The number of hydrogen-bond donors (Lipinski definition) is 2. The maximum absolute atomic E-state index is 13.4. The smallest absolute Gasteiger partial charge is 0.255 e. The molecule has 0 bridgehead atoms. The van der Waals surface area contributed by atoms with Crippen LogP contribution >= 0.6 is 0 Å². The molecule has 0 spiro atoms. The lowest BCUT2D eigenvalue weighted by Crippen LogP contribution is -2.37. The first-order valence-corrected chi connectivity index (χ1v) is 5.21. The molecular weight excluding hydrogens is 221 g/mol. The quantitative estimate of drug-likeness (QED) is 0.786. The summed E-state index contributed by atoms with van der Waals surface area (Å²) in [5.41, 5.74) is -0.135. The topological polar surface area (TPSA) is 49.3 Å². The zero-order chi connectivity index (χ0) is 13.0. The van der Waals surface area contributed by atoms with Crippen LogP contribution < -0.4 is 5.32 Å². The first-order chi connectivity index (χ1) is 7.95. The minimum absolute atomic E-state index is 0.0594. The molecule has 1 unspecified atom stereocenters. The molecule has 1 aromatic rings. The number of phenolic OH excluding ortho intramolecular Hbond substituents is 1. The molecule has 0 saturated heterocycles. The van der Waals surface area contributed by atoms with Crippen molar-refractivity contribution >= 4 is 5.91 Å². The Labute approximate surface area is 99.7 Å². The highest BCUT2D eigenvalue weighted by atomic mass is 19.1. The van der Waals surface area contributed by atoms with Crippen LogP contribution in [0, 0.1) is 24.1 Å². The van der Waals surface area contributed by atoms with Gasteiger partial charge in [0.1, 0.15) is 11.6 Å². The van der Waals surface area contributed by atoms with Gasteiger partial charge in [-0.1, -0.05) is 19.8 Å². The highest BCUT2D eigenvalue weighted by Crippen LogP contribution is 2.15. The van der Waals surface area contributed by atoms with E-state index in [9.17, 15) is 9.18 Å². The number of aromatic hydroxyl groups is 1. The van der Waals surface area contributed by atoms with E-state index in [4.69, 9.17) is 11.5 Å². The summed E-state index contributed by atoms with van der Waals surface area (Å²) in [6.45, 7) is 3.72. The summed E-state index contributed by atoms with van der Waals surface area (Å²) in [5.74, 6) is 0.903. The molecule has 1 amide bonds. The van der Waals surface area contributed by atoms with E-state index in [2.05, 4.69) is 11.2 Å². The van der Waals surface area contributed by atoms with Crippen LogP contribution in [0.2, 0.25) is 0 Å². The number of amides is 1. The van der Waals surface area contributed by atoms with Crippen LogP contribution in [0.5, 0.6) is 5.75 Å². The Balaban J connectivity index is 2.87. The molecule has 0 heterocycles. The number of nitrogens with one attached hydrogen (secondary N) is 1. The van der Waals surface area contributed by atoms with Crippen LogP contribution in [-0.4, -0.2) is 17.1 Å². The molecule has 2 N–H and O–H groups in total. The van der Waals surface area contributed by atoms with Gasteiger partial charge in [0.2, 0.25) is 0 Å². The molecule has 0 aliphatic heterocycles. The molecular formula is C13H14FNO2. The number of hydrogen-bond acceptors (Lipinski definition) is 2. The Kier molecular flexibility index (Phi) is 4.11. The van der Waals surface area contributed by atoms with E-state index in [0.29, 0.717) is 0 Å². The van der Waals surface area contributed by atoms with Gasteiger partial charge >= 0.3 is 0 Å². The number of terminal acetylenes is 1. The summed E-state index contributed by atoms with van der Waals surface area (Å²) >= 11 is 0. The van der Waals surface area contributed by atoms with Crippen molar-refractivity contribution in [3.8, 4) is 18.1 Å². The molecule has 1 atom stereocenters. The maximum Gasteiger partial charge on any atom is 0.255 e. The summed E-state index contributed by atoms with van der Waals surface area (Å²) in [6.07, 6.45) is 5.26. The number of halogens is 1. The van der Waals surface area contributed by atoms with Crippen LogP contribution in [0.4, 0.5) is 4.39 Å². The molecule has 90 valence electrons. The number of phenols is 1. The van der Waals surface area contributed by atoms with Crippen molar-refractivity contribution in [2.24, 2.45) is 5.92 Å². The van der Waals surface area contributed by atoms with Crippen molar-refractivity contribution in [2.45, 2.75) is 19.9 Å². The number of carbonyl (C=O) groups is 1. The zero-order valence-corrected chi connectivity index (χ0v) is 9.70. The maximum atomic E-state index is 13.4. The normalized spacial score (nSPS) is 11.9. The summed E-state index contributed by atoms with van der Waals surface area (Å²) in [7, 11) is 0. The molecule has 0 radical (unpaired) electrons. The predicted molar refractivity (Wildman–Crippen MR) is 63.0 cm³/mol. The van der Waals surface area contributed by atoms with Crippen LogP contribution in [0.1, 0.15) is 24.2 Å². The van der Waals surface area contributed by atoms with Gasteiger partial charge in [0.05, 0.1) is 11.6 Å². The van der Waals surface area contributed by atoms with E-state index in [1.165, 1.54) is 12.1 Å². The first kappa shape index (κ1) is 13.0. The van der Waals surface area contributed by atoms with Gasteiger partial charge in [-0.05, 0) is 18.1 Å². The zero-order valence-electron chi connectivity index (χ0n) is 9.70. The third kappa shape index (κ3) is 3.22. The summed E-state index contributed by atoms with van der Waals surface area (Å²) in [4.78, 5) is 11.7. The molecule has 17 heavy (non-hydrogen) atoms. The molecule has 0 fully saturated rings. The number of carbonyl (C=O) groups excluding carboxylic acids is 1. The van der Waals surface area contributed by atoms with Gasteiger partial charge in [0.15, 0.2) is 0 Å². The van der Waals surface area contributed by atoms with Crippen LogP contribution in [0.15, 0.2) is 18.2 Å². The Morgan fingerprint density at radius 3 is 2.65 bits per heavy atom. The van der Waals surface area contributed by atoms with Crippen molar-refractivity contribution < 1.29 is 14.3 Å². The van der Waals surface area contributed by atoms with Gasteiger partial charge in [0.25, 0.3) is 5.91 Å². The Hall–Kier alpha value is -2.02. The van der Waals surface area contributed by atoms with Gasteiger partial charge in [-0.15, -0.1) is 6.42 Å². The second-order valence-corrected chi connectivity index (χ2v) is 4.03. The summed E-state index contributed by atoms with van der Waals surface area (Å²) < 4.78 is 13.4. The Morgan fingerprint density at radius 1 is 1.53 bits per heavy atom. The van der Waals surface area contributed by atoms with E-state index < -0.39 is 17.8 Å². The average Bonchev–Trinajstić information content (AvgIpc) is 2.24. The Morgan fingerprint density at radius 2 is 2.18 bits per heavy atom. The highest BCUT2D eigenvalue weighted by molar-refractivity contribution is 5.95. The van der Waals surface area contributed by atoms with Crippen LogP contribution in [-0.2, 0) is 0 Å². The lowest BCUT2D eigenvalue weighted by Gasteiger charge is -2.16. The van der Waals surface area contributed by atoms with E-state index in [1.54, 1.807) is 0 Å².